The zero-order valence-electron chi connectivity index (χ0n) is 11.6. The van der Waals surface area contributed by atoms with Gasteiger partial charge in [-0.25, -0.2) is 9.37 Å². The molecule has 0 aliphatic carbocycles. The van der Waals surface area contributed by atoms with E-state index in [2.05, 4.69) is 15.4 Å². The molecule has 1 amide bonds. The maximum absolute atomic E-state index is 13.6. The number of carbonyl (C=O) groups excluding carboxylic acids is 1. The third-order valence-electron chi connectivity index (χ3n) is 3.24. The van der Waals surface area contributed by atoms with Gasteiger partial charge in [-0.05, 0) is 25.1 Å². The molecule has 1 N–H and O–H groups in total. The van der Waals surface area contributed by atoms with Crippen LogP contribution in [0, 0.1) is 12.7 Å². The van der Waals surface area contributed by atoms with Gasteiger partial charge in [-0.1, -0.05) is 12.1 Å². The van der Waals surface area contributed by atoms with Gasteiger partial charge in [0.2, 0.25) is 0 Å². The molecule has 0 saturated heterocycles. The van der Waals surface area contributed by atoms with Crippen molar-refractivity contribution in [2.24, 2.45) is 7.05 Å². The standard InChI is InChI=1S/C15H13FN4O/c1-9-12-7-10(8-17-14(12)20(2)19-9)18-15(21)11-5-3-4-6-13(11)16/h3-8H,1-2H3,(H,18,21). The third kappa shape index (κ3) is 2.35. The van der Waals surface area contributed by atoms with Crippen LogP contribution >= 0.6 is 0 Å². The molecule has 6 heteroatoms. The summed E-state index contributed by atoms with van der Waals surface area (Å²) in [4.78, 5) is 16.3. The summed E-state index contributed by atoms with van der Waals surface area (Å²) in [5.41, 5.74) is 2.06. The van der Waals surface area contributed by atoms with Gasteiger partial charge in [0.05, 0.1) is 23.1 Å². The van der Waals surface area contributed by atoms with Crippen LogP contribution in [0.5, 0.6) is 0 Å². The maximum Gasteiger partial charge on any atom is 0.258 e. The molecule has 0 fully saturated rings. The second-order valence-electron chi connectivity index (χ2n) is 4.74. The molecule has 3 aromatic rings. The van der Waals surface area contributed by atoms with Gasteiger partial charge in [0.15, 0.2) is 5.65 Å². The number of anilines is 1. The van der Waals surface area contributed by atoms with Gasteiger partial charge >= 0.3 is 0 Å². The van der Waals surface area contributed by atoms with Gasteiger partial charge in [0.25, 0.3) is 5.91 Å². The maximum atomic E-state index is 13.6. The molecule has 0 saturated carbocycles. The second-order valence-corrected chi connectivity index (χ2v) is 4.74. The van der Waals surface area contributed by atoms with E-state index in [0.29, 0.717) is 5.69 Å². The summed E-state index contributed by atoms with van der Waals surface area (Å²) < 4.78 is 15.2. The number of carbonyl (C=O) groups is 1. The zero-order valence-corrected chi connectivity index (χ0v) is 11.6. The number of rotatable bonds is 2. The van der Waals surface area contributed by atoms with Crippen LogP contribution in [0.25, 0.3) is 11.0 Å². The summed E-state index contributed by atoms with van der Waals surface area (Å²) in [5, 5.41) is 7.76. The Morgan fingerprint density at radius 3 is 2.86 bits per heavy atom. The normalized spacial score (nSPS) is 10.8. The highest BCUT2D eigenvalue weighted by molar-refractivity contribution is 6.05. The van der Waals surface area contributed by atoms with Gasteiger partial charge in [0.1, 0.15) is 5.82 Å². The molecule has 106 valence electrons. The van der Waals surface area contributed by atoms with E-state index in [9.17, 15) is 9.18 Å². The molecule has 3 rings (SSSR count). The number of aryl methyl sites for hydroxylation is 2. The van der Waals surface area contributed by atoms with Crippen molar-refractivity contribution in [1.82, 2.24) is 14.8 Å². The quantitative estimate of drug-likeness (QED) is 0.787. The number of halogens is 1. The van der Waals surface area contributed by atoms with E-state index in [4.69, 9.17) is 0 Å². The number of nitrogens with one attached hydrogen (secondary N) is 1. The number of benzene rings is 1. The summed E-state index contributed by atoms with van der Waals surface area (Å²) in [7, 11) is 1.81. The number of amides is 1. The molecular weight excluding hydrogens is 271 g/mol. The number of hydrogen-bond acceptors (Lipinski definition) is 3. The van der Waals surface area contributed by atoms with Crippen LogP contribution in [0.2, 0.25) is 0 Å². The van der Waals surface area contributed by atoms with E-state index in [1.807, 2.05) is 6.92 Å². The van der Waals surface area contributed by atoms with Crippen LogP contribution < -0.4 is 5.32 Å². The molecule has 0 aliphatic rings. The van der Waals surface area contributed by atoms with Gasteiger partial charge in [-0.3, -0.25) is 9.48 Å². The van der Waals surface area contributed by atoms with Crippen LogP contribution in [0.1, 0.15) is 16.1 Å². The van der Waals surface area contributed by atoms with E-state index in [0.717, 1.165) is 16.7 Å². The van der Waals surface area contributed by atoms with Crippen LogP contribution in [0.3, 0.4) is 0 Å². The number of fused-ring (bicyclic) bond motifs is 1. The Labute approximate surface area is 120 Å². The first-order valence-electron chi connectivity index (χ1n) is 6.41. The molecule has 0 spiro atoms. The summed E-state index contributed by atoms with van der Waals surface area (Å²) in [6.45, 7) is 1.87. The number of hydrogen-bond donors (Lipinski definition) is 1. The lowest BCUT2D eigenvalue weighted by Gasteiger charge is -2.06. The van der Waals surface area contributed by atoms with Crippen molar-refractivity contribution in [1.29, 1.82) is 0 Å². The molecule has 1 aromatic carbocycles. The van der Waals surface area contributed by atoms with Crippen molar-refractivity contribution in [2.75, 3.05) is 5.32 Å². The highest BCUT2D eigenvalue weighted by atomic mass is 19.1. The molecule has 0 aliphatic heterocycles. The molecule has 0 unspecified atom stereocenters. The van der Waals surface area contributed by atoms with Crippen LogP contribution in [-0.2, 0) is 7.05 Å². The van der Waals surface area contributed by atoms with Crippen molar-refractivity contribution in [3.05, 3.63) is 53.6 Å². The van der Waals surface area contributed by atoms with E-state index >= 15 is 0 Å². The first kappa shape index (κ1) is 13.2. The predicted molar refractivity (Wildman–Crippen MR) is 77.6 cm³/mol. The monoisotopic (exact) mass is 284 g/mol. The Morgan fingerprint density at radius 1 is 1.33 bits per heavy atom. The number of pyridine rings is 1. The number of aromatic nitrogens is 3. The molecule has 2 heterocycles. The lowest BCUT2D eigenvalue weighted by atomic mass is 10.2. The van der Waals surface area contributed by atoms with Crippen molar-refractivity contribution in [2.45, 2.75) is 6.92 Å². The van der Waals surface area contributed by atoms with Crippen LogP contribution in [0.15, 0.2) is 36.5 Å². The highest BCUT2D eigenvalue weighted by Gasteiger charge is 2.13. The minimum atomic E-state index is -0.554. The predicted octanol–water partition coefficient (Wildman–Crippen LogP) is 2.67. The minimum Gasteiger partial charge on any atom is -0.320 e. The van der Waals surface area contributed by atoms with Crippen molar-refractivity contribution < 1.29 is 9.18 Å². The average Bonchev–Trinajstić information content (AvgIpc) is 2.74. The Kier molecular flexibility index (Phi) is 3.13. The number of nitrogens with zero attached hydrogens (tertiary/aromatic N) is 3. The first-order chi connectivity index (χ1) is 10.1. The van der Waals surface area contributed by atoms with E-state index in [1.165, 1.54) is 18.3 Å². The Balaban J connectivity index is 1.93. The van der Waals surface area contributed by atoms with Gasteiger partial charge < -0.3 is 5.32 Å². The average molecular weight is 284 g/mol. The summed E-state index contributed by atoms with van der Waals surface area (Å²) in [5.74, 6) is -1.06. The van der Waals surface area contributed by atoms with Crippen LogP contribution in [-0.4, -0.2) is 20.7 Å². The van der Waals surface area contributed by atoms with E-state index in [-0.39, 0.29) is 5.56 Å². The Morgan fingerprint density at radius 2 is 2.10 bits per heavy atom. The summed E-state index contributed by atoms with van der Waals surface area (Å²) in [6, 6.07) is 7.63. The molecule has 5 nitrogen and oxygen atoms in total. The molecular formula is C15H13FN4O. The fourth-order valence-corrected chi connectivity index (χ4v) is 2.22. The molecule has 0 bridgehead atoms. The largest absolute Gasteiger partial charge is 0.320 e. The third-order valence-corrected chi connectivity index (χ3v) is 3.24. The lowest BCUT2D eigenvalue weighted by Crippen LogP contribution is -2.13. The van der Waals surface area contributed by atoms with E-state index < -0.39 is 11.7 Å². The minimum absolute atomic E-state index is 0.000468. The Hall–Kier alpha value is -2.76. The van der Waals surface area contributed by atoms with Crippen molar-refractivity contribution >= 4 is 22.6 Å². The molecule has 0 atom stereocenters. The van der Waals surface area contributed by atoms with E-state index in [1.54, 1.807) is 29.9 Å². The van der Waals surface area contributed by atoms with Gasteiger partial charge in [0, 0.05) is 12.4 Å². The summed E-state index contributed by atoms with van der Waals surface area (Å²) >= 11 is 0. The van der Waals surface area contributed by atoms with Crippen LogP contribution in [0.4, 0.5) is 10.1 Å². The smallest absolute Gasteiger partial charge is 0.258 e. The molecule has 21 heavy (non-hydrogen) atoms. The van der Waals surface area contributed by atoms with Gasteiger partial charge in [-0.15, -0.1) is 0 Å². The molecule has 0 radical (unpaired) electrons. The van der Waals surface area contributed by atoms with Crippen molar-refractivity contribution in [3.8, 4) is 0 Å². The topological polar surface area (TPSA) is 59.8 Å². The SMILES string of the molecule is Cc1nn(C)c2ncc(NC(=O)c3ccccc3F)cc12. The lowest BCUT2D eigenvalue weighted by molar-refractivity contribution is 0.102. The highest BCUT2D eigenvalue weighted by Crippen LogP contribution is 2.20. The fourth-order valence-electron chi connectivity index (χ4n) is 2.22. The summed E-state index contributed by atoms with van der Waals surface area (Å²) in [6.07, 6.45) is 1.53. The zero-order chi connectivity index (χ0) is 15.0. The first-order valence-corrected chi connectivity index (χ1v) is 6.41. The second kappa shape index (κ2) is 4.97. The Bertz CT molecular complexity index is 841. The fraction of sp³-hybridized carbons (Fsp3) is 0.133. The van der Waals surface area contributed by atoms with Gasteiger partial charge in [-0.2, -0.15) is 5.10 Å². The molecule has 2 aromatic heterocycles. The van der Waals surface area contributed by atoms with Crippen molar-refractivity contribution in [3.63, 3.8) is 0 Å².